The molecule has 1 amide bonds. The molecule has 0 saturated carbocycles. The number of ketones is 1. The van der Waals surface area contributed by atoms with E-state index in [1.807, 2.05) is 0 Å². The topological polar surface area (TPSA) is 81.2 Å². The van der Waals surface area contributed by atoms with E-state index in [1.54, 1.807) is 0 Å². The highest BCUT2D eigenvalue weighted by Gasteiger charge is 2.11. The maximum absolute atomic E-state index is 14.1. The van der Waals surface area contributed by atoms with Gasteiger partial charge in [0.2, 0.25) is 5.95 Å². The van der Waals surface area contributed by atoms with Crippen LogP contribution in [0.15, 0.2) is 55.0 Å². The number of anilines is 1. The van der Waals surface area contributed by atoms with Crippen LogP contribution in [0, 0.1) is 11.8 Å². The highest BCUT2D eigenvalue weighted by Crippen LogP contribution is 2.19. The normalized spacial score (nSPS) is 10.4. The second-order valence-corrected chi connectivity index (χ2v) is 5.88. The van der Waals surface area contributed by atoms with E-state index < -0.39 is 17.7 Å². The number of rotatable bonds is 6. The smallest absolute Gasteiger partial charge is 0.255 e. The monoisotopic (exact) mass is 383 g/mol. The molecule has 0 saturated heterocycles. The van der Waals surface area contributed by atoms with Gasteiger partial charge in [-0.25, -0.2) is 9.37 Å². The maximum atomic E-state index is 14.1. The van der Waals surface area contributed by atoms with Crippen LogP contribution in [0.1, 0.15) is 33.2 Å². The Hall–Kier alpha value is -3.68. The molecule has 2 aromatic heterocycles. The molecule has 28 heavy (non-hydrogen) atoms. The number of halogens is 2. The van der Waals surface area contributed by atoms with Gasteiger partial charge in [0.1, 0.15) is 18.2 Å². The number of hydrogen-bond donors (Lipinski definition) is 1. The lowest BCUT2D eigenvalue weighted by molar-refractivity contribution is 0.101. The van der Waals surface area contributed by atoms with Crippen LogP contribution in [0.25, 0.3) is 0 Å². The van der Waals surface area contributed by atoms with Gasteiger partial charge in [0.25, 0.3) is 5.91 Å². The predicted molar refractivity (Wildman–Crippen MR) is 97.1 cm³/mol. The van der Waals surface area contributed by atoms with Crippen molar-refractivity contribution in [3.8, 4) is 5.75 Å². The van der Waals surface area contributed by atoms with E-state index in [0.29, 0.717) is 17.0 Å². The van der Waals surface area contributed by atoms with Crippen molar-refractivity contribution in [2.45, 2.75) is 13.5 Å². The fourth-order valence-corrected chi connectivity index (χ4v) is 2.36. The molecule has 6 nitrogen and oxygen atoms in total. The molecule has 1 N–H and O–H groups in total. The Labute approximate surface area is 159 Å². The molecule has 3 rings (SSSR count). The van der Waals surface area contributed by atoms with E-state index in [4.69, 9.17) is 4.74 Å². The molecule has 0 fully saturated rings. The summed E-state index contributed by atoms with van der Waals surface area (Å²) in [5.41, 5.74) is 0.968. The van der Waals surface area contributed by atoms with Gasteiger partial charge in [0.15, 0.2) is 5.78 Å². The van der Waals surface area contributed by atoms with Crippen LogP contribution in [0.2, 0.25) is 0 Å². The third-order valence-electron chi connectivity index (χ3n) is 3.81. The van der Waals surface area contributed by atoms with Crippen molar-refractivity contribution >= 4 is 17.4 Å². The van der Waals surface area contributed by atoms with Crippen LogP contribution in [0.4, 0.5) is 14.5 Å². The molecule has 8 heteroatoms. The number of nitrogens with zero attached hydrogens (tertiary/aromatic N) is 2. The Kier molecular flexibility index (Phi) is 5.69. The molecule has 0 aliphatic heterocycles. The van der Waals surface area contributed by atoms with E-state index in [9.17, 15) is 18.4 Å². The van der Waals surface area contributed by atoms with E-state index in [-0.39, 0.29) is 23.5 Å². The summed E-state index contributed by atoms with van der Waals surface area (Å²) in [6.07, 6.45) is 4.00. The zero-order chi connectivity index (χ0) is 20.1. The number of nitrogens with one attached hydrogen (secondary N) is 1. The Morgan fingerprint density at radius 3 is 2.64 bits per heavy atom. The lowest BCUT2D eigenvalue weighted by Gasteiger charge is -2.10. The average molecular weight is 383 g/mol. The van der Waals surface area contributed by atoms with E-state index in [2.05, 4.69) is 15.3 Å². The molecule has 0 unspecified atom stereocenters. The lowest BCUT2D eigenvalue weighted by atomic mass is 10.2. The molecule has 0 spiro atoms. The van der Waals surface area contributed by atoms with Gasteiger partial charge in [0, 0.05) is 40.8 Å². The summed E-state index contributed by atoms with van der Waals surface area (Å²) in [5.74, 6) is -1.71. The Morgan fingerprint density at radius 1 is 1.07 bits per heavy atom. The van der Waals surface area contributed by atoms with Crippen molar-refractivity contribution in [1.29, 1.82) is 0 Å². The second kappa shape index (κ2) is 8.34. The first-order valence-electron chi connectivity index (χ1n) is 8.22. The van der Waals surface area contributed by atoms with Gasteiger partial charge in [-0.05, 0) is 37.3 Å². The van der Waals surface area contributed by atoms with Gasteiger partial charge in [-0.2, -0.15) is 4.39 Å². The van der Waals surface area contributed by atoms with Crippen molar-refractivity contribution in [2.24, 2.45) is 0 Å². The van der Waals surface area contributed by atoms with Gasteiger partial charge in [0.05, 0.1) is 6.20 Å². The highest BCUT2D eigenvalue weighted by atomic mass is 19.1. The van der Waals surface area contributed by atoms with Crippen molar-refractivity contribution < 1.29 is 23.1 Å². The third-order valence-corrected chi connectivity index (χ3v) is 3.81. The lowest BCUT2D eigenvalue weighted by Crippen LogP contribution is -2.13. The van der Waals surface area contributed by atoms with Gasteiger partial charge < -0.3 is 10.1 Å². The number of amides is 1. The zero-order valence-electron chi connectivity index (χ0n) is 14.8. The molecule has 1 aromatic carbocycles. The van der Waals surface area contributed by atoms with Crippen LogP contribution in [-0.4, -0.2) is 21.7 Å². The molecule has 142 valence electrons. The number of pyridine rings is 2. The molecule has 0 radical (unpaired) electrons. The van der Waals surface area contributed by atoms with Crippen LogP contribution < -0.4 is 10.1 Å². The van der Waals surface area contributed by atoms with Crippen molar-refractivity contribution in [2.75, 3.05) is 5.32 Å². The number of Topliss-reactive ketones (excluding diaryl/α,β-unsaturated/α-hetero) is 1. The summed E-state index contributed by atoms with van der Waals surface area (Å²) >= 11 is 0. The number of aromatic nitrogens is 2. The minimum Gasteiger partial charge on any atom is -0.487 e. The number of carbonyl (C=O) groups is 2. The van der Waals surface area contributed by atoms with Gasteiger partial charge in [-0.15, -0.1) is 0 Å². The third kappa shape index (κ3) is 4.73. The Bertz CT molecular complexity index is 1040. The molecular formula is C20H15F2N3O3. The summed E-state index contributed by atoms with van der Waals surface area (Å²) in [6, 6.07) is 7.85. The summed E-state index contributed by atoms with van der Waals surface area (Å²) in [7, 11) is 0. The fraction of sp³-hybridized carbons (Fsp3) is 0.100. The van der Waals surface area contributed by atoms with Crippen LogP contribution >= 0.6 is 0 Å². The molecule has 0 bridgehead atoms. The largest absolute Gasteiger partial charge is 0.487 e. The van der Waals surface area contributed by atoms with Crippen LogP contribution in [0.5, 0.6) is 5.75 Å². The first-order valence-corrected chi connectivity index (χ1v) is 8.22. The summed E-state index contributed by atoms with van der Waals surface area (Å²) in [6.45, 7) is 1.27. The summed E-state index contributed by atoms with van der Waals surface area (Å²) in [4.78, 5) is 30.9. The minimum atomic E-state index is -0.776. The van der Waals surface area contributed by atoms with E-state index in [0.717, 1.165) is 6.07 Å². The molecule has 0 atom stereocenters. The number of carbonyl (C=O) groups excluding carboxylic acids is 2. The predicted octanol–water partition coefficient (Wildman–Crippen LogP) is 3.79. The minimum absolute atomic E-state index is 0.0850. The quantitative estimate of drug-likeness (QED) is 0.517. The van der Waals surface area contributed by atoms with Crippen molar-refractivity contribution in [1.82, 2.24) is 9.97 Å². The Balaban J connectivity index is 1.72. The molecule has 0 aliphatic rings. The second-order valence-electron chi connectivity index (χ2n) is 5.88. The number of hydrogen-bond acceptors (Lipinski definition) is 5. The molecular weight excluding hydrogens is 368 g/mol. The zero-order valence-corrected chi connectivity index (χ0v) is 14.8. The first-order chi connectivity index (χ1) is 13.4. The SMILES string of the molecule is CC(=O)c1cncc(OCc2cc(NC(=O)c3ccnc(F)c3)ccc2F)c1. The highest BCUT2D eigenvalue weighted by molar-refractivity contribution is 6.04. The first kappa shape index (κ1) is 19.1. The number of benzene rings is 1. The molecule has 0 aliphatic carbocycles. The molecule has 3 aromatic rings. The van der Waals surface area contributed by atoms with E-state index in [1.165, 1.54) is 55.8 Å². The van der Waals surface area contributed by atoms with Crippen LogP contribution in [-0.2, 0) is 6.61 Å². The van der Waals surface area contributed by atoms with Gasteiger partial charge in [-0.3, -0.25) is 14.6 Å². The number of ether oxygens (including phenoxy) is 1. The fourth-order valence-electron chi connectivity index (χ4n) is 2.36. The maximum Gasteiger partial charge on any atom is 0.255 e. The van der Waals surface area contributed by atoms with Crippen molar-refractivity contribution in [3.63, 3.8) is 0 Å². The molecule has 2 heterocycles. The summed E-state index contributed by atoms with van der Waals surface area (Å²) in [5, 5.41) is 2.56. The average Bonchev–Trinajstić information content (AvgIpc) is 2.68. The van der Waals surface area contributed by atoms with Crippen molar-refractivity contribution in [3.05, 3.63) is 83.4 Å². The van der Waals surface area contributed by atoms with Gasteiger partial charge >= 0.3 is 0 Å². The standard InChI is InChI=1S/C20H15F2N3O3/c1-12(26)14-7-17(10-23-9-14)28-11-15-6-16(2-3-18(15)21)25-20(27)13-4-5-24-19(22)8-13/h2-10H,11H2,1H3,(H,25,27). The van der Waals surface area contributed by atoms with E-state index >= 15 is 0 Å². The summed E-state index contributed by atoms with van der Waals surface area (Å²) < 4.78 is 32.7. The Morgan fingerprint density at radius 2 is 1.89 bits per heavy atom. The van der Waals surface area contributed by atoms with Crippen LogP contribution in [0.3, 0.4) is 0 Å². The van der Waals surface area contributed by atoms with Gasteiger partial charge in [-0.1, -0.05) is 0 Å².